The molecule has 13 atom stereocenters. The normalized spacial score (nSPS) is 36.5. The summed E-state index contributed by atoms with van der Waals surface area (Å²) < 4.78 is 9.78. The fourth-order valence-electron chi connectivity index (χ4n) is 11.4. The molecule has 0 aromatic rings. The molecule has 4 N–H and O–H groups in total. The molecule has 0 aromatic heterocycles. The number of ether oxygens (including phenoxy) is 2. The van der Waals surface area contributed by atoms with Crippen LogP contribution >= 0.6 is 12.4 Å². The number of nitrogens with one attached hydrogen (secondary N) is 1. The van der Waals surface area contributed by atoms with E-state index in [1.807, 2.05) is 6.92 Å². The van der Waals surface area contributed by atoms with Crippen molar-refractivity contribution in [3.63, 3.8) is 0 Å². The number of nitrogens with zero attached hydrogens (tertiary/aromatic N) is 1. The van der Waals surface area contributed by atoms with Crippen LogP contribution in [-0.2, 0) is 33.4 Å². The van der Waals surface area contributed by atoms with Gasteiger partial charge in [-0.1, -0.05) is 74.8 Å². The summed E-state index contributed by atoms with van der Waals surface area (Å²) in [6.45, 7) is 27.6. The summed E-state index contributed by atoms with van der Waals surface area (Å²) in [5.41, 5.74) is 6.66. The Labute approximate surface area is 391 Å². The van der Waals surface area contributed by atoms with Gasteiger partial charge >= 0.3 is 17.9 Å². The van der Waals surface area contributed by atoms with Crippen LogP contribution in [0.2, 0.25) is 0 Å². The fourth-order valence-corrected chi connectivity index (χ4v) is 11.4. The first-order valence-corrected chi connectivity index (χ1v) is 24.2. The lowest BCUT2D eigenvalue weighted by Gasteiger charge is -2.25. The molecule has 5 aliphatic carbocycles. The smallest absolute Gasteiger partial charge is 0.330 e. The molecule has 0 bridgehead atoms. The molecule has 6 aliphatic rings. The number of hydrogen-bond acceptors (Lipinski definition) is 10. The third kappa shape index (κ3) is 19.0. The molecule has 1 spiro atoms. The maximum Gasteiger partial charge on any atom is 0.330 e. The lowest BCUT2D eigenvalue weighted by atomic mass is 9.81. The number of carbonyl (C=O) groups excluding carboxylic acids is 4. The average Bonchev–Trinajstić information content (AvgIpc) is 3.97. The molecule has 0 radical (unpaired) electrons. The van der Waals surface area contributed by atoms with Crippen LogP contribution in [0.15, 0.2) is 11.6 Å². The van der Waals surface area contributed by atoms with Crippen LogP contribution in [0.4, 0.5) is 0 Å². The second-order valence-corrected chi connectivity index (χ2v) is 21.6. The molecule has 1 aliphatic heterocycles. The molecule has 370 valence electrons. The molecule has 3 unspecified atom stereocenters. The van der Waals surface area contributed by atoms with E-state index in [1.165, 1.54) is 18.4 Å². The van der Waals surface area contributed by atoms with Gasteiger partial charge in [0.05, 0.1) is 26.1 Å². The van der Waals surface area contributed by atoms with E-state index in [2.05, 4.69) is 74.6 Å². The van der Waals surface area contributed by atoms with Gasteiger partial charge in [0, 0.05) is 42.2 Å². The summed E-state index contributed by atoms with van der Waals surface area (Å²) in [5.74, 6) is 5.91. The van der Waals surface area contributed by atoms with Crippen LogP contribution < -0.4 is 11.1 Å². The van der Waals surface area contributed by atoms with Gasteiger partial charge in [-0.25, -0.2) is 4.79 Å². The highest BCUT2D eigenvalue weighted by Crippen LogP contribution is 2.50. The van der Waals surface area contributed by atoms with Crippen molar-refractivity contribution in [2.45, 2.75) is 167 Å². The lowest BCUT2D eigenvalue weighted by Crippen LogP contribution is -2.31. The van der Waals surface area contributed by atoms with Crippen molar-refractivity contribution >= 4 is 42.0 Å². The van der Waals surface area contributed by atoms with Gasteiger partial charge in [0.25, 0.3) is 0 Å². The molecule has 1 saturated heterocycles. The third-order valence-corrected chi connectivity index (χ3v) is 15.7. The molecule has 0 aromatic carbocycles. The van der Waals surface area contributed by atoms with E-state index in [9.17, 15) is 34.1 Å². The van der Waals surface area contributed by atoms with Crippen LogP contribution in [0, 0.1) is 85.5 Å². The second kappa shape index (κ2) is 26.9. The van der Waals surface area contributed by atoms with Crippen molar-refractivity contribution in [2.75, 3.05) is 32.8 Å². The van der Waals surface area contributed by atoms with Gasteiger partial charge in [-0.2, -0.15) is 0 Å². The Bertz CT molecular complexity index is 1520. The molecule has 13 nitrogen and oxygen atoms in total. The first-order valence-electron chi connectivity index (χ1n) is 24.2. The second-order valence-electron chi connectivity index (χ2n) is 21.6. The standard InChI is InChI=1S/C12H21NO4.C11H18O2.C10H19NO2.C10H17NO.C7H12O.ClH/c1-4-17-11(14)7-12(8-13(15)16)5-9(2)10(3)6-12;1-4-13-11(12)7-10-5-8(2)9(3)6-10;1-7-3-10(6-11,4-8(7)2)5-9(12)13;1-7-3-10(4-8(7)2)5-9(12)11-6-10;1-5-3-7(8)4-6(5)2;/h9-10H,4-8H2,1-3H3;7-9H,4-6H2,1-3H3;7-8H,3-6,11H2,1-2H3,(H,12,13);7-8H,3-6H2,1-2H3,(H,11,12);5-6H,3-4H2,1-2H3;1H/t9-,10+,12?;8-,9+;2*7-,8+,10?;5-,6+;. The molecule has 5 saturated carbocycles. The lowest BCUT2D eigenvalue weighted by molar-refractivity contribution is -0.497. The number of nitro groups is 1. The zero-order valence-corrected chi connectivity index (χ0v) is 42.4. The number of carboxylic acids is 1. The first kappa shape index (κ1) is 59.0. The molecular formula is C50H88ClN3O10. The minimum Gasteiger partial charge on any atom is -0.481 e. The summed E-state index contributed by atoms with van der Waals surface area (Å²) in [5, 5.41) is 22.5. The minimum absolute atomic E-state index is 0. The van der Waals surface area contributed by atoms with E-state index in [0.29, 0.717) is 78.3 Å². The number of nitrogens with two attached hydrogens (primary N) is 1. The van der Waals surface area contributed by atoms with Crippen molar-refractivity contribution in [1.82, 2.24) is 5.32 Å². The van der Waals surface area contributed by atoms with Gasteiger partial charge in [0.1, 0.15) is 5.78 Å². The Kier molecular flexibility index (Phi) is 24.8. The zero-order chi connectivity index (χ0) is 47.9. The number of carbonyl (C=O) groups is 5. The Balaban J connectivity index is 0.000000405. The molecular weight excluding hydrogens is 838 g/mol. The fraction of sp³-hybridized carbons (Fsp3) is 0.860. The molecule has 64 heavy (non-hydrogen) atoms. The van der Waals surface area contributed by atoms with Crippen molar-refractivity contribution in [3.05, 3.63) is 21.8 Å². The highest BCUT2D eigenvalue weighted by molar-refractivity contribution is 5.85. The summed E-state index contributed by atoms with van der Waals surface area (Å²) in [6.07, 6.45) is 12.5. The van der Waals surface area contributed by atoms with Gasteiger partial charge < -0.3 is 25.6 Å². The number of Topliss-reactive ketones (excluding diaryl/α,β-unsaturated/α-hetero) is 1. The number of amides is 1. The molecule has 6 rings (SSSR count). The molecule has 6 fully saturated rings. The zero-order valence-electron chi connectivity index (χ0n) is 41.6. The van der Waals surface area contributed by atoms with Gasteiger partial charge in [-0.15, -0.1) is 12.4 Å². The molecule has 1 amide bonds. The van der Waals surface area contributed by atoms with Crippen molar-refractivity contribution in [2.24, 2.45) is 81.2 Å². The van der Waals surface area contributed by atoms with E-state index in [4.69, 9.17) is 20.3 Å². The number of ketones is 1. The monoisotopic (exact) mass is 926 g/mol. The molecule has 14 heteroatoms. The Morgan fingerprint density at radius 2 is 1.12 bits per heavy atom. The molecule has 1 heterocycles. The predicted molar refractivity (Wildman–Crippen MR) is 254 cm³/mol. The van der Waals surface area contributed by atoms with Crippen molar-refractivity contribution < 1.29 is 43.5 Å². The Morgan fingerprint density at radius 3 is 1.47 bits per heavy atom. The van der Waals surface area contributed by atoms with E-state index < -0.39 is 11.4 Å². The van der Waals surface area contributed by atoms with Crippen LogP contribution in [0.5, 0.6) is 0 Å². The van der Waals surface area contributed by atoms with Gasteiger partial charge in [-0.3, -0.25) is 29.3 Å². The highest BCUT2D eigenvalue weighted by Gasteiger charge is 2.48. The number of esters is 2. The maximum atomic E-state index is 11.6. The van der Waals surface area contributed by atoms with Crippen LogP contribution in [0.1, 0.15) is 167 Å². The quantitative estimate of drug-likeness (QED) is 0.0814. The predicted octanol–water partition coefficient (Wildman–Crippen LogP) is 9.88. The largest absolute Gasteiger partial charge is 0.481 e. The van der Waals surface area contributed by atoms with Crippen molar-refractivity contribution in [3.8, 4) is 0 Å². The number of rotatable bonds is 10. The topological polar surface area (TPSA) is 205 Å². The van der Waals surface area contributed by atoms with Gasteiger partial charge in [-0.05, 0) is 142 Å². The van der Waals surface area contributed by atoms with Gasteiger partial charge in [0.2, 0.25) is 12.5 Å². The van der Waals surface area contributed by atoms with Crippen LogP contribution in [0.3, 0.4) is 0 Å². The number of halogens is 1. The van der Waals surface area contributed by atoms with Gasteiger partial charge in [0.15, 0.2) is 0 Å². The Morgan fingerprint density at radius 1 is 0.703 bits per heavy atom. The van der Waals surface area contributed by atoms with E-state index in [0.717, 1.165) is 76.2 Å². The van der Waals surface area contributed by atoms with E-state index in [-0.39, 0.29) is 60.0 Å². The summed E-state index contributed by atoms with van der Waals surface area (Å²) in [4.78, 5) is 65.6. The maximum absolute atomic E-state index is 11.6. The number of aliphatic carboxylic acids is 1. The first-order chi connectivity index (χ1) is 29.3. The number of hydrogen-bond donors (Lipinski definition) is 3. The number of carboxylic acid groups (broad SMARTS) is 1. The summed E-state index contributed by atoms with van der Waals surface area (Å²) in [7, 11) is 0. The van der Waals surface area contributed by atoms with Crippen LogP contribution in [0.25, 0.3) is 0 Å². The summed E-state index contributed by atoms with van der Waals surface area (Å²) in [6, 6.07) is 0. The third-order valence-electron chi connectivity index (χ3n) is 15.7. The average molecular weight is 927 g/mol. The Hall–Kier alpha value is -3.06. The SMILES string of the molecule is CCOC(=O)C=C1C[C@@H](C)[C@@H](C)C1.CCOC(=O)CC1(C[N+](=O)[O-])C[C@@H](C)[C@@H](C)C1.C[C@@H]1CC(=O)C[C@@H]1C.C[C@@H]1CC(CN)(CC(=O)O)C[C@@H]1C.C[C@@H]1CC2(CNC(=O)C2)C[C@@H]1C.Cl. The van der Waals surface area contributed by atoms with Crippen LogP contribution in [-0.4, -0.2) is 72.5 Å². The summed E-state index contributed by atoms with van der Waals surface area (Å²) >= 11 is 0. The van der Waals surface area contributed by atoms with Crippen molar-refractivity contribution in [1.29, 1.82) is 0 Å². The highest BCUT2D eigenvalue weighted by atomic mass is 35.5. The number of allylic oxidation sites excluding steroid dienone is 1. The van der Waals surface area contributed by atoms with E-state index in [1.54, 1.807) is 13.0 Å². The van der Waals surface area contributed by atoms with E-state index >= 15 is 0 Å². The minimum atomic E-state index is -0.716.